The van der Waals surface area contributed by atoms with Crippen LogP contribution in [-0.4, -0.2) is 14.5 Å². The molecule has 2 aromatic heterocycles. The molecule has 3 heteroatoms. The van der Waals surface area contributed by atoms with Crippen LogP contribution in [0.5, 0.6) is 0 Å². The summed E-state index contributed by atoms with van der Waals surface area (Å²) in [6, 6.07) is 51.3. The zero-order chi connectivity index (χ0) is 27.2. The van der Waals surface area contributed by atoms with Crippen LogP contribution in [0.25, 0.3) is 72.0 Å². The largest absolute Gasteiger partial charge is 0.292 e. The zero-order valence-corrected chi connectivity index (χ0v) is 22.3. The molecule has 0 amide bonds. The van der Waals surface area contributed by atoms with Gasteiger partial charge in [-0.3, -0.25) is 9.55 Å². The van der Waals surface area contributed by atoms with E-state index in [0.29, 0.717) is 0 Å². The van der Waals surface area contributed by atoms with E-state index in [4.69, 9.17) is 4.98 Å². The van der Waals surface area contributed by atoms with Gasteiger partial charge in [0.15, 0.2) is 0 Å². The number of aromatic nitrogens is 3. The first-order valence-corrected chi connectivity index (χ1v) is 13.8. The van der Waals surface area contributed by atoms with Crippen molar-refractivity contribution in [3.8, 4) is 39.3 Å². The lowest BCUT2D eigenvalue weighted by Gasteiger charge is -2.12. The fraction of sp³-hybridized carbons (Fsp3) is 0. The zero-order valence-electron chi connectivity index (χ0n) is 22.3. The Morgan fingerprint density at radius 3 is 2.10 bits per heavy atom. The van der Waals surface area contributed by atoms with Crippen LogP contribution in [0.15, 0.2) is 152 Å². The van der Waals surface area contributed by atoms with Crippen LogP contribution in [0, 0.1) is 0 Å². The van der Waals surface area contributed by atoms with E-state index in [1.165, 1.54) is 27.5 Å². The Morgan fingerprint density at radius 1 is 0.488 bits per heavy atom. The summed E-state index contributed by atoms with van der Waals surface area (Å²) in [5, 5.41) is 3.55. The van der Waals surface area contributed by atoms with E-state index in [-0.39, 0.29) is 0 Å². The highest BCUT2D eigenvalue weighted by molar-refractivity contribution is 6.12. The molecule has 0 atom stereocenters. The van der Waals surface area contributed by atoms with Crippen molar-refractivity contribution < 1.29 is 0 Å². The first kappa shape index (κ1) is 23.4. The molecule has 0 saturated heterocycles. The van der Waals surface area contributed by atoms with Crippen molar-refractivity contribution in [3.05, 3.63) is 152 Å². The number of fused-ring (bicyclic) bond motifs is 4. The molecular weight excluding hydrogens is 498 g/mol. The SMILES string of the molecule is c1ccc(-n2c(-c3cccc(-c4ccc(-c5cc6cccnc6c6ccccc56)cc4)c3)nc3ccccc32)cc1. The number of hydrogen-bond donors (Lipinski definition) is 0. The van der Waals surface area contributed by atoms with Gasteiger partial charge in [0.05, 0.1) is 16.6 Å². The molecular formula is C38H25N3. The van der Waals surface area contributed by atoms with Gasteiger partial charge >= 0.3 is 0 Å². The van der Waals surface area contributed by atoms with Crippen molar-refractivity contribution >= 4 is 32.7 Å². The van der Waals surface area contributed by atoms with E-state index in [9.17, 15) is 0 Å². The maximum Gasteiger partial charge on any atom is 0.145 e. The van der Waals surface area contributed by atoms with Crippen molar-refractivity contribution in [2.45, 2.75) is 0 Å². The summed E-state index contributed by atoms with van der Waals surface area (Å²) in [4.78, 5) is 9.72. The normalized spacial score (nSPS) is 11.4. The first-order valence-electron chi connectivity index (χ1n) is 13.8. The third-order valence-corrected chi connectivity index (χ3v) is 7.84. The van der Waals surface area contributed by atoms with Crippen molar-refractivity contribution in [2.75, 3.05) is 0 Å². The molecule has 2 heterocycles. The van der Waals surface area contributed by atoms with Gasteiger partial charge in [-0.2, -0.15) is 0 Å². The number of rotatable bonds is 4. The maximum absolute atomic E-state index is 5.06. The Balaban J connectivity index is 1.22. The predicted octanol–water partition coefficient (Wildman–Crippen LogP) is 9.73. The van der Waals surface area contributed by atoms with E-state index in [2.05, 4.69) is 137 Å². The van der Waals surface area contributed by atoms with E-state index in [1.54, 1.807) is 0 Å². The molecule has 6 aromatic carbocycles. The highest BCUT2D eigenvalue weighted by Crippen LogP contribution is 2.36. The molecule has 41 heavy (non-hydrogen) atoms. The Bertz CT molecular complexity index is 2190. The Hall–Kier alpha value is -5.54. The van der Waals surface area contributed by atoms with E-state index >= 15 is 0 Å². The maximum atomic E-state index is 5.06. The minimum absolute atomic E-state index is 0.937. The van der Waals surface area contributed by atoms with Crippen LogP contribution in [0.4, 0.5) is 0 Å². The molecule has 0 spiro atoms. The molecule has 0 bridgehead atoms. The first-order chi connectivity index (χ1) is 20.3. The molecule has 0 aliphatic heterocycles. The van der Waals surface area contributed by atoms with Gasteiger partial charge in [0.25, 0.3) is 0 Å². The fourth-order valence-corrected chi connectivity index (χ4v) is 5.89. The number of pyridine rings is 1. The number of para-hydroxylation sites is 3. The monoisotopic (exact) mass is 523 g/mol. The summed E-state index contributed by atoms with van der Waals surface area (Å²) in [6.07, 6.45) is 1.87. The highest BCUT2D eigenvalue weighted by Gasteiger charge is 2.15. The Morgan fingerprint density at radius 2 is 1.22 bits per heavy atom. The molecule has 192 valence electrons. The third-order valence-electron chi connectivity index (χ3n) is 7.84. The second-order valence-corrected chi connectivity index (χ2v) is 10.3. The van der Waals surface area contributed by atoms with E-state index < -0.39 is 0 Å². The van der Waals surface area contributed by atoms with E-state index in [0.717, 1.165) is 44.6 Å². The van der Waals surface area contributed by atoms with Crippen molar-refractivity contribution in [2.24, 2.45) is 0 Å². The van der Waals surface area contributed by atoms with Crippen molar-refractivity contribution in [1.82, 2.24) is 14.5 Å². The Labute approximate surface area is 238 Å². The van der Waals surface area contributed by atoms with Gasteiger partial charge in [-0.05, 0) is 70.1 Å². The number of nitrogens with zero attached hydrogens (tertiary/aromatic N) is 3. The average molecular weight is 524 g/mol. The highest BCUT2D eigenvalue weighted by atomic mass is 15.1. The van der Waals surface area contributed by atoms with Gasteiger partial charge in [-0.15, -0.1) is 0 Å². The number of benzene rings is 6. The third kappa shape index (κ3) is 3.98. The van der Waals surface area contributed by atoms with Gasteiger partial charge in [0.2, 0.25) is 0 Å². The standard InChI is InChI=1S/C38H25N3/c1-2-13-31(14-3-1)41-36-18-7-6-17-35(36)40-38(41)30-11-8-10-28(24-30)26-19-21-27(22-20-26)34-25-29-12-9-23-39-37(29)33-16-5-4-15-32(33)34/h1-25H. The van der Waals surface area contributed by atoms with Crippen LogP contribution >= 0.6 is 0 Å². The molecule has 3 nitrogen and oxygen atoms in total. The van der Waals surface area contributed by atoms with Crippen molar-refractivity contribution in [3.63, 3.8) is 0 Å². The summed E-state index contributed by atoms with van der Waals surface area (Å²) in [7, 11) is 0. The lowest BCUT2D eigenvalue weighted by molar-refractivity contribution is 1.10. The minimum atomic E-state index is 0.937. The molecule has 0 saturated carbocycles. The van der Waals surface area contributed by atoms with Crippen LogP contribution in [0.1, 0.15) is 0 Å². The second-order valence-electron chi connectivity index (χ2n) is 10.3. The van der Waals surface area contributed by atoms with Crippen LogP contribution in [0.2, 0.25) is 0 Å². The van der Waals surface area contributed by atoms with Gasteiger partial charge in [-0.25, -0.2) is 4.98 Å². The average Bonchev–Trinajstić information content (AvgIpc) is 3.45. The molecule has 8 aromatic rings. The van der Waals surface area contributed by atoms with Gasteiger partial charge < -0.3 is 0 Å². The van der Waals surface area contributed by atoms with Gasteiger partial charge in [-0.1, -0.05) is 103 Å². The topological polar surface area (TPSA) is 30.7 Å². The quantitative estimate of drug-likeness (QED) is 0.215. The molecule has 0 fully saturated rings. The fourth-order valence-electron chi connectivity index (χ4n) is 5.89. The molecule has 0 unspecified atom stereocenters. The predicted molar refractivity (Wildman–Crippen MR) is 170 cm³/mol. The Kier molecular flexibility index (Phi) is 5.46. The lowest BCUT2D eigenvalue weighted by Crippen LogP contribution is -1.97. The second kappa shape index (κ2) is 9.58. The minimum Gasteiger partial charge on any atom is -0.292 e. The van der Waals surface area contributed by atoms with Crippen molar-refractivity contribution in [1.29, 1.82) is 0 Å². The summed E-state index contributed by atoms with van der Waals surface area (Å²) in [6.45, 7) is 0. The van der Waals surface area contributed by atoms with Gasteiger partial charge in [0.1, 0.15) is 5.82 Å². The smallest absolute Gasteiger partial charge is 0.145 e. The van der Waals surface area contributed by atoms with Crippen LogP contribution in [0.3, 0.4) is 0 Å². The molecule has 0 aliphatic carbocycles. The molecule has 8 rings (SSSR count). The molecule has 0 N–H and O–H groups in total. The summed E-state index contributed by atoms with van der Waals surface area (Å²) in [5.41, 5.74) is 10.1. The van der Waals surface area contributed by atoms with Crippen LogP contribution in [-0.2, 0) is 0 Å². The molecule has 0 radical (unpaired) electrons. The molecule has 0 aliphatic rings. The number of hydrogen-bond acceptors (Lipinski definition) is 2. The summed E-state index contributed by atoms with van der Waals surface area (Å²) < 4.78 is 2.25. The van der Waals surface area contributed by atoms with E-state index in [1.807, 2.05) is 24.4 Å². The summed E-state index contributed by atoms with van der Waals surface area (Å²) in [5.74, 6) is 0.937. The van der Waals surface area contributed by atoms with Crippen LogP contribution < -0.4 is 0 Å². The summed E-state index contributed by atoms with van der Waals surface area (Å²) >= 11 is 0. The number of imidazole rings is 1. The lowest BCUT2D eigenvalue weighted by atomic mass is 9.94. The van der Waals surface area contributed by atoms with Gasteiger partial charge in [0, 0.05) is 28.2 Å².